The molecular formula is C68H60CuN4O8. The van der Waals surface area contributed by atoms with Gasteiger partial charge >= 0.3 is 23.9 Å². The van der Waals surface area contributed by atoms with E-state index in [2.05, 4.69) is 0 Å². The molecule has 12 nitrogen and oxygen atoms in total. The van der Waals surface area contributed by atoms with E-state index in [9.17, 15) is 19.2 Å². The Hall–Kier alpha value is -9.16. The number of carbonyl (C=O) groups is 4. The van der Waals surface area contributed by atoms with Crippen LogP contribution in [0.4, 0.5) is 0 Å². The van der Waals surface area contributed by atoms with Crippen molar-refractivity contribution in [1.82, 2.24) is 0 Å². The summed E-state index contributed by atoms with van der Waals surface area (Å²) in [5.74, 6) is -0.809. The number of benzene rings is 4. The van der Waals surface area contributed by atoms with E-state index in [4.69, 9.17) is 38.9 Å². The first kappa shape index (κ1) is 58.0. The summed E-state index contributed by atoms with van der Waals surface area (Å²) in [5, 5.41) is 0. The minimum Gasteiger partial charge on any atom is -0.426 e. The second-order valence-electron chi connectivity index (χ2n) is 18.7. The van der Waals surface area contributed by atoms with E-state index in [0.29, 0.717) is 122 Å². The molecule has 4 aromatic carbocycles. The first-order valence-corrected chi connectivity index (χ1v) is 26.9. The van der Waals surface area contributed by atoms with Crippen LogP contribution in [0, 0.1) is 0 Å². The largest absolute Gasteiger partial charge is 0.426 e. The van der Waals surface area contributed by atoms with Gasteiger partial charge in [0.15, 0.2) is 0 Å². The topological polar surface area (TPSA) is 155 Å². The van der Waals surface area contributed by atoms with Crippen molar-refractivity contribution in [1.29, 1.82) is 0 Å². The molecule has 0 spiro atoms. The van der Waals surface area contributed by atoms with Gasteiger partial charge in [-0.3, -0.25) is 19.2 Å². The van der Waals surface area contributed by atoms with E-state index in [1.54, 1.807) is 48.5 Å². The zero-order valence-corrected chi connectivity index (χ0v) is 46.4. The van der Waals surface area contributed by atoms with Crippen molar-refractivity contribution >= 4 is 69.0 Å². The number of hydrogen-bond acceptors (Lipinski definition) is 12. The first-order valence-electron chi connectivity index (χ1n) is 26.9. The van der Waals surface area contributed by atoms with Crippen molar-refractivity contribution in [2.75, 3.05) is 0 Å². The van der Waals surface area contributed by atoms with Gasteiger partial charge in [0.2, 0.25) is 0 Å². The van der Waals surface area contributed by atoms with Crippen LogP contribution in [0.1, 0.15) is 101 Å². The van der Waals surface area contributed by atoms with E-state index in [1.165, 1.54) is 0 Å². The summed E-state index contributed by atoms with van der Waals surface area (Å²) in [6.45, 7) is 7.59. The van der Waals surface area contributed by atoms with Crippen molar-refractivity contribution in [3.63, 3.8) is 0 Å². The van der Waals surface area contributed by atoms with Crippen molar-refractivity contribution in [3.8, 4) is 23.0 Å². The van der Waals surface area contributed by atoms with Crippen molar-refractivity contribution in [3.05, 3.63) is 239 Å². The Morgan fingerprint density at radius 2 is 0.765 bits per heavy atom. The zero-order chi connectivity index (χ0) is 55.8. The molecule has 0 aliphatic carbocycles. The summed E-state index contributed by atoms with van der Waals surface area (Å²) in [6, 6.07) is 29.0. The van der Waals surface area contributed by atoms with Crippen LogP contribution in [0.3, 0.4) is 0 Å². The second kappa shape index (κ2) is 28.1. The fraction of sp³-hybridized carbons (Fsp3) is 0.176. The number of aliphatic imine (C=N–C) groups is 4. The molecule has 9 rings (SSSR count). The Balaban J connectivity index is 0.00000860. The van der Waals surface area contributed by atoms with Crippen LogP contribution in [-0.2, 0) is 36.2 Å². The molecular weight excluding hydrogens is 1060 g/mol. The Kier molecular flexibility index (Phi) is 20.1. The number of para-hydroxylation sites is 4. The maximum atomic E-state index is 14.0. The smallest absolute Gasteiger partial charge is 0.311 e. The molecule has 5 aliphatic rings. The molecule has 0 aromatic heterocycles. The van der Waals surface area contributed by atoms with Crippen LogP contribution < -0.4 is 18.9 Å². The molecule has 411 valence electrons. The maximum absolute atomic E-state index is 14.0. The van der Waals surface area contributed by atoms with Gasteiger partial charge in [0.25, 0.3) is 0 Å². The normalized spacial score (nSPS) is 15.4. The minimum atomic E-state index is -0.469. The van der Waals surface area contributed by atoms with E-state index < -0.39 is 23.9 Å². The van der Waals surface area contributed by atoms with Gasteiger partial charge < -0.3 is 18.9 Å². The SMILES string of the molecule is CC=CCCC(=O)Oc1ccccc1C1=CC2=CC3=NC(=CC4=NC(=CC5=NC(=C(c6ccccc6OC(=O)CCC=CC)C1=N2)C(c1ccccc1OC(=O)CCC=CC)=C5c1ccccc1OC(=O)CCC=CC)C=C4)C=C3.[Cu]. The fourth-order valence-electron chi connectivity index (χ4n) is 9.36. The molecule has 0 amide bonds. The van der Waals surface area contributed by atoms with Crippen LogP contribution in [0.2, 0.25) is 0 Å². The fourth-order valence-corrected chi connectivity index (χ4v) is 9.36. The zero-order valence-electron chi connectivity index (χ0n) is 45.5. The molecule has 0 fully saturated rings. The standard InChI is InChI=1S/C68H60N4O8.Cu/c1-5-9-13-33-60(73)77-56-29-21-17-25-50(56)54-43-49-42-47-38-37-45(69-47)41-46-39-40-48(70-46)44-55-64(51-26-18-22-30-57(51)78-61(74)34-14-10-6-2)65(52-27-19-23-31-58(52)79-62(75)35-15-11-7-3)68(72-55)66(67(54)71-49)53-28-20-24-32-59(53)80-63(76)36-16-12-8-4;/h5-12,17-32,37-44H,13-16,33-36H2,1-4H3;. The number of rotatable bonds is 20. The number of carbonyl (C=O) groups excluding carboxylic acids is 4. The van der Waals surface area contributed by atoms with Gasteiger partial charge in [0.1, 0.15) is 23.0 Å². The summed E-state index contributed by atoms with van der Waals surface area (Å²) in [4.78, 5) is 76.5. The number of nitrogens with zero attached hydrogens (tertiary/aromatic N) is 4. The van der Waals surface area contributed by atoms with Crippen LogP contribution >= 0.6 is 0 Å². The molecule has 1 radical (unpaired) electrons. The van der Waals surface area contributed by atoms with Gasteiger partial charge in [-0.1, -0.05) is 121 Å². The predicted molar refractivity (Wildman–Crippen MR) is 318 cm³/mol. The molecule has 5 heterocycles. The molecule has 0 atom stereocenters. The number of esters is 4. The molecule has 0 N–H and O–H groups in total. The van der Waals surface area contributed by atoms with Crippen LogP contribution in [0.15, 0.2) is 237 Å². The summed E-state index contributed by atoms with van der Waals surface area (Å²) in [5.41, 5.74) is 7.91. The Morgan fingerprint density at radius 3 is 1.21 bits per heavy atom. The van der Waals surface area contributed by atoms with E-state index in [1.807, 2.05) is 173 Å². The molecule has 0 unspecified atom stereocenters. The average Bonchev–Trinajstić information content (AvgIpc) is 4.32. The molecule has 8 bridgehead atoms. The van der Waals surface area contributed by atoms with Gasteiger partial charge in [-0.15, -0.1) is 0 Å². The minimum absolute atomic E-state index is 0. The summed E-state index contributed by atoms with van der Waals surface area (Å²) >= 11 is 0. The molecule has 13 heteroatoms. The van der Waals surface area contributed by atoms with E-state index in [-0.39, 0.29) is 60.0 Å². The Morgan fingerprint density at radius 1 is 0.395 bits per heavy atom. The van der Waals surface area contributed by atoms with Crippen LogP contribution in [0.5, 0.6) is 23.0 Å². The molecule has 0 saturated heterocycles. The first-order chi connectivity index (χ1) is 39.1. The van der Waals surface area contributed by atoms with Crippen molar-refractivity contribution in [2.24, 2.45) is 20.0 Å². The van der Waals surface area contributed by atoms with Crippen LogP contribution in [0.25, 0.3) is 22.3 Å². The Labute approximate surface area is 483 Å². The van der Waals surface area contributed by atoms with E-state index >= 15 is 0 Å². The van der Waals surface area contributed by atoms with Gasteiger partial charge in [-0.2, -0.15) is 0 Å². The second-order valence-corrected chi connectivity index (χ2v) is 18.7. The van der Waals surface area contributed by atoms with Gasteiger partial charge in [-0.05, 0) is 126 Å². The monoisotopic (exact) mass is 1120 g/mol. The number of ether oxygens (including phenoxy) is 4. The third kappa shape index (κ3) is 14.4. The third-order valence-electron chi connectivity index (χ3n) is 13.0. The van der Waals surface area contributed by atoms with Crippen molar-refractivity contribution in [2.45, 2.75) is 79.1 Å². The summed E-state index contributed by atoms with van der Waals surface area (Å²) < 4.78 is 25.2. The predicted octanol–water partition coefficient (Wildman–Crippen LogP) is 14.7. The van der Waals surface area contributed by atoms with Gasteiger partial charge in [0, 0.05) is 87.3 Å². The quantitative estimate of drug-likeness (QED) is 0.0367. The third-order valence-corrected chi connectivity index (χ3v) is 13.0. The average molecular weight is 1120 g/mol. The molecule has 4 aromatic rings. The molecule has 5 aliphatic heterocycles. The maximum Gasteiger partial charge on any atom is 0.311 e. The summed E-state index contributed by atoms with van der Waals surface area (Å²) in [7, 11) is 0. The number of fused-ring (bicyclic) bond motifs is 4. The van der Waals surface area contributed by atoms with E-state index in [0.717, 1.165) is 0 Å². The summed E-state index contributed by atoms with van der Waals surface area (Å²) in [6.07, 6.45) is 32.7. The van der Waals surface area contributed by atoms with Gasteiger partial charge in [-0.25, -0.2) is 20.0 Å². The number of allylic oxidation sites excluding steroid dienone is 20. The van der Waals surface area contributed by atoms with Crippen molar-refractivity contribution < 1.29 is 55.2 Å². The molecule has 81 heavy (non-hydrogen) atoms. The van der Waals surface area contributed by atoms with Gasteiger partial charge in [0.05, 0.1) is 45.6 Å². The molecule has 0 saturated carbocycles. The number of hydrogen-bond donors (Lipinski definition) is 0. The Bertz CT molecular complexity index is 3680. The van der Waals surface area contributed by atoms with Crippen LogP contribution in [-0.4, -0.2) is 46.7 Å².